The van der Waals surface area contributed by atoms with Crippen LogP contribution in [0, 0.1) is 0 Å². The van der Waals surface area contributed by atoms with Crippen LogP contribution >= 0.6 is 0 Å². The van der Waals surface area contributed by atoms with Gasteiger partial charge in [0.1, 0.15) is 0 Å². The summed E-state index contributed by atoms with van der Waals surface area (Å²) < 4.78 is 5.62. The van der Waals surface area contributed by atoms with Gasteiger partial charge in [0, 0.05) is 32.3 Å². The van der Waals surface area contributed by atoms with Crippen molar-refractivity contribution in [2.75, 3.05) is 20.2 Å². The predicted molar refractivity (Wildman–Crippen MR) is 61.5 cm³/mol. The maximum Gasteiger partial charge on any atom is 0.0981 e. The number of hydrogen-bond acceptors (Lipinski definition) is 3. The molecule has 0 spiro atoms. The Morgan fingerprint density at radius 1 is 1.31 bits per heavy atom. The number of nitrogens with zero attached hydrogens (tertiary/aromatic N) is 1. The largest absolute Gasteiger partial charge is 0.375 e. The summed E-state index contributed by atoms with van der Waals surface area (Å²) in [4.78, 5) is 0. The fourth-order valence-corrected chi connectivity index (χ4v) is 2.75. The molecule has 0 bridgehead atoms. The van der Waals surface area contributed by atoms with E-state index in [1.165, 1.54) is 42.6 Å². The average Bonchev–Trinajstić information content (AvgIpc) is 2.67. The van der Waals surface area contributed by atoms with Crippen LogP contribution in [0.2, 0.25) is 0 Å². The monoisotopic (exact) mass is 221 g/mol. The molecule has 1 aromatic rings. The normalized spacial score (nSPS) is 22.6. The number of aromatic nitrogens is 2. The highest BCUT2D eigenvalue weighted by Gasteiger charge is 2.38. The third-order valence-electron chi connectivity index (χ3n) is 3.96. The van der Waals surface area contributed by atoms with Gasteiger partial charge >= 0.3 is 0 Å². The lowest BCUT2D eigenvalue weighted by atomic mass is 9.87. The lowest BCUT2D eigenvalue weighted by Crippen LogP contribution is -2.62. The Labute approximate surface area is 95.8 Å². The lowest BCUT2D eigenvalue weighted by Gasteiger charge is -2.41. The first-order valence-electron chi connectivity index (χ1n) is 6.14. The number of H-pyrrole nitrogens is 1. The van der Waals surface area contributed by atoms with Crippen molar-refractivity contribution in [2.45, 2.75) is 37.7 Å². The number of ether oxygens (including phenoxy) is 1. The van der Waals surface area contributed by atoms with Gasteiger partial charge < -0.3 is 10.1 Å². The number of fused-ring (bicyclic) bond motifs is 1. The van der Waals surface area contributed by atoms with Crippen molar-refractivity contribution in [1.82, 2.24) is 15.5 Å². The van der Waals surface area contributed by atoms with Crippen molar-refractivity contribution >= 4 is 0 Å². The summed E-state index contributed by atoms with van der Waals surface area (Å²) in [5, 5.41) is 11.0. The van der Waals surface area contributed by atoms with Crippen molar-refractivity contribution in [3.8, 4) is 0 Å². The van der Waals surface area contributed by atoms with E-state index in [9.17, 15) is 0 Å². The fraction of sp³-hybridized carbons (Fsp3) is 0.750. The van der Waals surface area contributed by atoms with Gasteiger partial charge in [0.15, 0.2) is 0 Å². The molecule has 0 atom stereocenters. The summed E-state index contributed by atoms with van der Waals surface area (Å²) in [6.45, 7) is 1.90. The minimum Gasteiger partial charge on any atom is -0.375 e. The van der Waals surface area contributed by atoms with Gasteiger partial charge in [-0.2, -0.15) is 5.10 Å². The van der Waals surface area contributed by atoms with E-state index in [4.69, 9.17) is 4.74 Å². The molecule has 16 heavy (non-hydrogen) atoms. The highest BCUT2D eigenvalue weighted by atomic mass is 16.5. The SMILES string of the molecule is COC1(Cc2n[nH]c3c2CCCC3)CNC1. The molecule has 1 aromatic heterocycles. The molecule has 0 unspecified atom stereocenters. The van der Waals surface area contributed by atoms with Crippen molar-refractivity contribution < 1.29 is 4.74 Å². The molecule has 0 radical (unpaired) electrons. The number of nitrogens with one attached hydrogen (secondary N) is 2. The molecule has 2 N–H and O–H groups in total. The molecule has 0 amide bonds. The fourth-order valence-electron chi connectivity index (χ4n) is 2.75. The second-order valence-corrected chi connectivity index (χ2v) is 5.00. The van der Waals surface area contributed by atoms with Crippen LogP contribution in [0.1, 0.15) is 29.8 Å². The quantitative estimate of drug-likeness (QED) is 0.794. The number of methoxy groups -OCH3 is 1. The molecular formula is C12H19N3O. The maximum absolute atomic E-state index is 5.62. The number of rotatable bonds is 3. The average molecular weight is 221 g/mol. The first kappa shape index (κ1) is 10.3. The van der Waals surface area contributed by atoms with E-state index in [-0.39, 0.29) is 5.60 Å². The highest BCUT2D eigenvalue weighted by Crippen LogP contribution is 2.27. The first-order valence-corrected chi connectivity index (χ1v) is 6.14. The van der Waals surface area contributed by atoms with E-state index in [0.29, 0.717) is 0 Å². The third kappa shape index (κ3) is 1.57. The zero-order chi connectivity index (χ0) is 11.0. The summed E-state index contributed by atoms with van der Waals surface area (Å²) in [5.74, 6) is 0. The summed E-state index contributed by atoms with van der Waals surface area (Å²) >= 11 is 0. The Morgan fingerprint density at radius 2 is 2.12 bits per heavy atom. The molecule has 1 aliphatic carbocycles. The minimum atomic E-state index is 0.000407. The minimum absolute atomic E-state index is 0.000407. The topological polar surface area (TPSA) is 49.9 Å². The van der Waals surface area contributed by atoms with Gasteiger partial charge in [-0.25, -0.2) is 0 Å². The van der Waals surface area contributed by atoms with Gasteiger partial charge in [0.25, 0.3) is 0 Å². The predicted octanol–water partition coefficient (Wildman–Crippen LogP) is 0.819. The Hall–Kier alpha value is -0.870. The summed E-state index contributed by atoms with van der Waals surface area (Å²) in [6, 6.07) is 0. The molecular weight excluding hydrogens is 202 g/mol. The number of hydrogen-bond donors (Lipinski definition) is 2. The molecule has 3 rings (SSSR count). The van der Waals surface area contributed by atoms with Crippen LogP contribution in [0.4, 0.5) is 0 Å². The molecule has 1 aliphatic heterocycles. The lowest BCUT2D eigenvalue weighted by molar-refractivity contribution is -0.0510. The smallest absolute Gasteiger partial charge is 0.0981 e. The van der Waals surface area contributed by atoms with E-state index >= 15 is 0 Å². The van der Waals surface area contributed by atoms with Gasteiger partial charge in [-0.3, -0.25) is 5.10 Å². The molecule has 2 heterocycles. The Kier molecular flexibility index (Phi) is 2.48. The van der Waals surface area contributed by atoms with Gasteiger partial charge in [-0.15, -0.1) is 0 Å². The van der Waals surface area contributed by atoms with Crippen LogP contribution < -0.4 is 5.32 Å². The Bertz CT molecular complexity index is 376. The van der Waals surface area contributed by atoms with Crippen molar-refractivity contribution in [3.05, 3.63) is 17.0 Å². The molecule has 4 nitrogen and oxygen atoms in total. The molecule has 0 aromatic carbocycles. The van der Waals surface area contributed by atoms with Gasteiger partial charge in [0.05, 0.1) is 11.3 Å². The van der Waals surface area contributed by atoms with Gasteiger partial charge in [0.2, 0.25) is 0 Å². The second kappa shape index (κ2) is 3.86. The summed E-state index contributed by atoms with van der Waals surface area (Å²) in [5.41, 5.74) is 4.06. The molecule has 2 aliphatic rings. The van der Waals surface area contributed by atoms with Crippen LogP contribution in [0.5, 0.6) is 0 Å². The molecule has 88 valence electrons. The zero-order valence-corrected chi connectivity index (χ0v) is 9.81. The number of aromatic amines is 1. The van der Waals surface area contributed by atoms with Crippen molar-refractivity contribution in [3.63, 3.8) is 0 Å². The van der Waals surface area contributed by atoms with E-state index in [1.54, 1.807) is 7.11 Å². The summed E-state index contributed by atoms with van der Waals surface area (Å²) in [6.07, 6.45) is 5.90. The van der Waals surface area contributed by atoms with E-state index in [0.717, 1.165) is 19.5 Å². The van der Waals surface area contributed by atoms with E-state index < -0.39 is 0 Å². The third-order valence-corrected chi connectivity index (χ3v) is 3.96. The van der Waals surface area contributed by atoms with E-state index in [2.05, 4.69) is 15.5 Å². The maximum atomic E-state index is 5.62. The first-order chi connectivity index (χ1) is 7.83. The van der Waals surface area contributed by atoms with Crippen LogP contribution in [-0.2, 0) is 24.0 Å². The molecule has 0 saturated carbocycles. The van der Waals surface area contributed by atoms with E-state index in [1.807, 2.05) is 0 Å². The second-order valence-electron chi connectivity index (χ2n) is 5.00. The zero-order valence-electron chi connectivity index (χ0n) is 9.81. The standard InChI is InChI=1S/C12H19N3O/c1-16-12(7-13-8-12)6-11-9-4-2-3-5-10(9)14-15-11/h13H,2-8H2,1H3,(H,14,15). The van der Waals surface area contributed by atoms with Crippen molar-refractivity contribution in [1.29, 1.82) is 0 Å². The van der Waals surface area contributed by atoms with Crippen molar-refractivity contribution in [2.24, 2.45) is 0 Å². The Balaban J connectivity index is 1.81. The molecule has 1 saturated heterocycles. The van der Waals surface area contributed by atoms with Gasteiger partial charge in [-0.05, 0) is 31.2 Å². The van der Waals surface area contributed by atoms with Crippen LogP contribution in [0.3, 0.4) is 0 Å². The van der Waals surface area contributed by atoms with Crippen LogP contribution in [-0.4, -0.2) is 36.0 Å². The van der Waals surface area contributed by atoms with Crippen LogP contribution in [0.15, 0.2) is 0 Å². The summed E-state index contributed by atoms with van der Waals surface area (Å²) in [7, 11) is 1.81. The van der Waals surface area contributed by atoms with Gasteiger partial charge in [-0.1, -0.05) is 0 Å². The number of aryl methyl sites for hydroxylation is 1. The molecule has 1 fully saturated rings. The Morgan fingerprint density at radius 3 is 2.81 bits per heavy atom. The van der Waals surface area contributed by atoms with Crippen LogP contribution in [0.25, 0.3) is 0 Å². The highest BCUT2D eigenvalue weighted by molar-refractivity contribution is 5.29. The molecule has 4 heteroatoms.